The Kier molecular flexibility index (Phi) is 5.81. The molecule has 1 fully saturated rings. The molecule has 0 unspecified atom stereocenters. The average molecular weight is 469 g/mol. The molecule has 0 saturated carbocycles. The van der Waals surface area contributed by atoms with Gasteiger partial charge in [0.1, 0.15) is 5.69 Å². The Hall–Kier alpha value is -3.14. The van der Waals surface area contributed by atoms with E-state index in [0.717, 1.165) is 5.69 Å². The first-order valence-corrected chi connectivity index (χ1v) is 12.0. The minimum Gasteiger partial charge on any atom is -0.290 e. The summed E-state index contributed by atoms with van der Waals surface area (Å²) in [7, 11) is 3.42. The zero-order valence-electron chi connectivity index (χ0n) is 19.7. The fourth-order valence-corrected chi connectivity index (χ4v) is 4.46. The fourth-order valence-electron chi connectivity index (χ4n) is 3.92. The van der Waals surface area contributed by atoms with E-state index in [1.165, 1.54) is 26.3 Å². The molecule has 174 valence electrons. The predicted molar refractivity (Wildman–Crippen MR) is 127 cm³/mol. The number of benzene rings is 1. The van der Waals surface area contributed by atoms with Gasteiger partial charge in [0.25, 0.3) is 17.4 Å². The molecule has 33 heavy (non-hydrogen) atoms. The van der Waals surface area contributed by atoms with Crippen LogP contribution in [0.1, 0.15) is 53.7 Å². The van der Waals surface area contributed by atoms with Gasteiger partial charge in [-0.05, 0) is 36.9 Å². The molecule has 1 aliphatic heterocycles. The van der Waals surface area contributed by atoms with Gasteiger partial charge in [0.05, 0.1) is 16.6 Å². The van der Waals surface area contributed by atoms with Crippen molar-refractivity contribution >= 4 is 34.5 Å². The molecule has 0 bridgehead atoms. The molecule has 4 rings (SSSR count). The summed E-state index contributed by atoms with van der Waals surface area (Å²) < 4.78 is 3.07. The molecule has 2 amide bonds. The van der Waals surface area contributed by atoms with Gasteiger partial charge >= 0.3 is 0 Å². The number of hydrogen-bond acceptors (Lipinski definition) is 6. The largest absolute Gasteiger partial charge is 0.290 e. The monoisotopic (exact) mass is 468 g/mol. The van der Waals surface area contributed by atoms with Crippen LogP contribution in [0.2, 0.25) is 0 Å². The zero-order chi connectivity index (χ0) is 24.1. The van der Waals surface area contributed by atoms with Gasteiger partial charge in [-0.3, -0.25) is 23.6 Å². The lowest BCUT2D eigenvalue weighted by Gasteiger charge is -2.28. The van der Waals surface area contributed by atoms with E-state index in [4.69, 9.17) is 0 Å². The third-order valence-corrected chi connectivity index (χ3v) is 6.56. The number of aryl methyl sites for hydroxylation is 1. The molecular formula is C23H28N6O3S. The number of hydrogen-bond donors (Lipinski definition) is 0. The van der Waals surface area contributed by atoms with Crippen LogP contribution in [0.15, 0.2) is 34.2 Å². The predicted octanol–water partition coefficient (Wildman–Crippen LogP) is 2.59. The zero-order valence-corrected chi connectivity index (χ0v) is 20.6. The Balaban J connectivity index is 1.66. The third kappa shape index (κ3) is 4.03. The van der Waals surface area contributed by atoms with E-state index in [9.17, 15) is 14.4 Å². The van der Waals surface area contributed by atoms with Gasteiger partial charge in [0, 0.05) is 38.2 Å². The molecular weight excluding hydrogens is 440 g/mol. The molecule has 0 aliphatic carbocycles. The standard InChI is InChI=1S/C23H28N6O3S/c1-23(2,3)18-13-17(27(5)25-18)21(32)29-11-7-10-28(29)19(30)14-8-9-15-16(12-14)24-22(33-6)26(4)20(15)31/h8-9,12-13H,7,10-11H2,1-6H3. The molecule has 3 aromatic rings. The molecule has 1 aliphatic rings. The Morgan fingerprint density at radius 1 is 1.03 bits per heavy atom. The van der Waals surface area contributed by atoms with Gasteiger partial charge in [-0.2, -0.15) is 5.10 Å². The lowest BCUT2D eigenvalue weighted by atomic mass is 9.92. The summed E-state index contributed by atoms with van der Waals surface area (Å²) in [6.45, 7) is 7.01. The molecule has 2 aromatic heterocycles. The van der Waals surface area contributed by atoms with Crippen molar-refractivity contribution in [1.29, 1.82) is 0 Å². The highest BCUT2D eigenvalue weighted by Crippen LogP contribution is 2.24. The van der Waals surface area contributed by atoms with Crippen LogP contribution in [0.4, 0.5) is 0 Å². The SMILES string of the molecule is CSc1nc2cc(C(=O)N3CCCN3C(=O)c3cc(C(C)(C)C)nn3C)ccc2c(=O)n1C. The number of thioether (sulfide) groups is 1. The van der Waals surface area contributed by atoms with E-state index in [1.807, 2.05) is 27.0 Å². The summed E-state index contributed by atoms with van der Waals surface area (Å²) >= 11 is 1.37. The van der Waals surface area contributed by atoms with E-state index in [2.05, 4.69) is 10.1 Å². The third-order valence-electron chi connectivity index (χ3n) is 5.83. The van der Waals surface area contributed by atoms with Gasteiger partial charge in [-0.15, -0.1) is 0 Å². The van der Waals surface area contributed by atoms with Gasteiger partial charge in [0.2, 0.25) is 0 Å². The van der Waals surface area contributed by atoms with Gasteiger partial charge < -0.3 is 0 Å². The Morgan fingerprint density at radius 3 is 2.30 bits per heavy atom. The number of carbonyl (C=O) groups is 2. The first-order chi connectivity index (χ1) is 15.5. The molecule has 9 nitrogen and oxygen atoms in total. The van der Waals surface area contributed by atoms with E-state index in [1.54, 1.807) is 43.0 Å². The second kappa shape index (κ2) is 8.33. The number of rotatable bonds is 3. The Bertz CT molecular complexity index is 1320. The highest BCUT2D eigenvalue weighted by atomic mass is 32.2. The summed E-state index contributed by atoms with van der Waals surface area (Å²) in [6.07, 6.45) is 2.53. The van der Waals surface area contributed by atoms with Crippen molar-refractivity contribution in [1.82, 2.24) is 29.3 Å². The van der Waals surface area contributed by atoms with Crippen molar-refractivity contribution in [3.63, 3.8) is 0 Å². The maximum atomic E-state index is 13.4. The highest BCUT2D eigenvalue weighted by Gasteiger charge is 2.34. The van der Waals surface area contributed by atoms with Gasteiger partial charge in [-0.1, -0.05) is 32.5 Å². The molecule has 10 heteroatoms. The number of fused-ring (bicyclic) bond motifs is 1. The first kappa shape index (κ1) is 23.0. The first-order valence-electron chi connectivity index (χ1n) is 10.8. The van der Waals surface area contributed by atoms with Crippen molar-refractivity contribution < 1.29 is 9.59 Å². The van der Waals surface area contributed by atoms with E-state index < -0.39 is 0 Å². The van der Waals surface area contributed by atoms with Gasteiger partial charge in [-0.25, -0.2) is 15.0 Å². The molecule has 0 radical (unpaired) electrons. The molecule has 1 saturated heterocycles. The molecule has 0 N–H and O–H groups in total. The number of hydrazine groups is 1. The van der Waals surface area contributed by atoms with E-state index in [0.29, 0.717) is 46.8 Å². The summed E-state index contributed by atoms with van der Waals surface area (Å²) in [5.41, 5.74) is 1.75. The quantitative estimate of drug-likeness (QED) is 0.433. The lowest BCUT2D eigenvalue weighted by molar-refractivity contribution is 0.0179. The topological polar surface area (TPSA) is 93.3 Å². The summed E-state index contributed by atoms with van der Waals surface area (Å²) in [4.78, 5) is 43.9. The van der Waals surface area contributed by atoms with E-state index in [-0.39, 0.29) is 22.8 Å². The molecule has 0 spiro atoms. The smallest absolute Gasteiger partial charge is 0.290 e. The van der Waals surface area contributed by atoms with Crippen molar-refractivity contribution in [3.8, 4) is 0 Å². The van der Waals surface area contributed by atoms with Crippen LogP contribution in [-0.4, -0.2) is 60.5 Å². The maximum Gasteiger partial charge on any atom is 0.290 e. The number of amides is 2. The highest BCUT2D eigenvalue weighted by molar-refractivity contribution is 7.98. The Labute approximate surface area is 196 Å². The van der Waals surface area contributed by atoms with Crippen molar-refractivity contribution in [2.75, 3.05) is 19.3 Å². The molecule has 0 atom stereocenters. The van der Waals surface area contributed by atoms with Crippen LogP contribution >= 0.6 is 11.8 Å². The minimum absolute atomic E-state index is 0.160. The van der Waals surface area contributed by atoms with Crippen molar-refractivity contribution in [3.05, 3.63) is 51.6 Å². The van der Waals surface area contributed by atoms with Gasteiger partial charge in [0.15, 0.2) is 5.16 Å². The number of carbonyl (C=O) groups excluding carboxylic acids is 2. The van der Waals surface area contributed by atoms with Crippen LogP contribution in [-0.2, 0) is 19.5 Å². The number of nitrogens with zero attached hydrogens (tertiary/aromatic N) is 6. The summed E-state index contributed by atoms with van der Waals surface area (Å²) in [6, 6.07) is 6.67. The minimum atomic E-state index is -0.297. The van der Waals surface area contributed by atoms with E-state index >= 15 is 0 Å². The van der Waals surface area contributed by atoms with Crippen LogP contribution < -0.4 is 5.56 Å². The second-order valence-electron chi connectivity index (χ2n) is 9.19. The normalized spacial score (nSPS) is 14.4. The van der Waals surface area contributed by atoms with Crippen LogP contribution in [0.25, 0.3) is 10.9 Å². The average Bonchev–Trinajstić information content (AvgIpc) is 3.41. The molecule has 3 heterocycles. The van der Waals surface area contributed by atoms with Crippen LogP contribution in [0.3, 0.4) is 0 Å². The second-order valence-corrected chi connectivity index (χ2v) is 9.97. The maximum absolute atomic E-state index is 13.4. The lowest BCUT2D eigenvalue weighted by Crippen LogP contribution is -2.45. The summed E-state index contributed by atoms with van der Waals surface area (Å²) in [5.74, 6) is -0.557. The fraction of sp³-hybridized carbons (Fsp3) is 0.435. The van der Waals surface area contributed by atoms with Crippen LogP contribution in [0.5, 0.6) is 0 Å². The Morgan fingerprint density at radius 2 is 1.70 bits per heavy atom. The summed E-state index contributed by atoms with van der Waals surface area (Å²) in [5, 5.41) is 8.48. The van der Waals surface area contributed by atoms with Crippen molar-refractivity contribution in [2.24, 2.45) is 14.1 Å². The molecule has 1 aromatic carbocycles. The van der Waals surface area contributed by atoms with Crippen molar-refractivity contribution in [2.45, 2.75) is 37.8 Å². The number of aromatic nitrogens is 4. The van der Waals surface area contributed by atoms with Crippen LogP contribution in [0, 0.1) is 0 Å².